The molecule has 0 spiro atoms. The van der Waals surface area contributed by atoms with Crippen molar-refractivity contribution in [3.05, 3.63) is 65.1 Å². The zero-order valence-corrected chi connectivity index (χ0v) is 22.3. The molecular formula is C27H29N3O7S. The standard InChI is InChI=1S/C27H29N3O7S/c1-17-12-21(18(2)30(17)10-5-11-34-3)22(31)14-35-27(33)20-6-4-9-28-26(20)38-15-25(32)29-19-7-8-23-24(13-19)37-16-36-23/h4,6-9,12-13H,5,10-11,14-16H2,1-3H3,(H,29,32). The third-order valence-corrected chi connectivity index (χ3v) is 6.93. The number of Topliss-reactive ketones (excluding diaryl/α,β-unsaturated/α-hetero) is 1. The van der Waals surface area contributed by atoms with E-state index < -0.39 is 12.6 Å². The number of benzene rings is 1. The van der Waals surface area contributed by atoms with Crippen LogP contribution in [0.4, 0.5) is 5.69 Å². The predicted molar refractivity (Wildman–Crippen MR) is 141 cm³/mol. The zero-order chi connectivity index (χ0) is 27.1. The number of nitrogens with zero attached hydrogens (tertiary/aromatic N) is 2. The van der Waals surface area contributed by atoms with Crippen molar-refractivity contribution >= 4 is 35.1 Å². The zero-order valence-electron chi connectivity index (χ0n) is 21.4. The Kier molecular flexibility index (Phi) is 9.03. The lowest BCUT2D eigenvalue weighted by molar-refractivity contribution is -0.113. The molecule has 0 bridgehead atoms. The fraction of sp³-hybridized carbons (Fsp3) is 0.333. The van der Waals surface area contributed by atoms with Gasteiger partial charge >= 0.3 is 5.97 Å². The van der Waals surface area contributed by atoms with Gasteiger partial charge in [0.05, 0.1) is 11.3 Å². The number of ether oxygens (including phenoxy) is 4. The molecule has 0 saturated carbocycles. The number of carbonyl (C=O) groups is 3. The second kappa shape index (κ2) is 12.6. The molecule has 11 heteroatoms. The number of fused-ring (bicyclic) bond motifs is 1. The number of hydrogen-bond acceptors (Lipinski definition) is 9. The predicted octanol–water partition coefficient (Wildman–Crippen LogP) is 4.04. The minimum atomic E-state index is -0.681. The van der Waals surface area contributed by atoms with Gasteiger partial charge in [-0.2, -0.15) is 0 Å². The molecule has 1 aliphatic rings. The number of aromatic nitrogens is 2. The van der Waals surface area contributed by atoms with Crippen molar-refractivity contribution in [3.63, 3.8) is 0 Å². The van der Waals surface area contributed by atoms with Crippen molar-refractivity contribution in [2.45, 2.75) is 31.8 Å². The highest BCUT2D eigenvalue weighted by molar-refractivity contribution is 8.00. The monoisotopic (exact) mass is 539 g/mol. The first-order valence-corrected chi connectivity index (χ1v) is 13.0. The lowest BCUT2D eigenvalue weighted by Gasteiger charge is -2.10. The van der Waals surface area contributed by atoms with Crippen LogP contribution < -0.4 is 14.8 Å². The van der Waals surface area contributed by atoms with Gasteiger partial charge in [-0.05, 0) is 50.6 Å². The van der Waals surface area contributed by atoms with Crippen molar-refractivity contribution < 1.29 is 33.3 Å². The number of ketones is 1. The van der Waals surface area contributed by atoms with Crippen molar-refractivity contribution in [2.75, 3.05) is 38.2 Å². The number of esters is 1. The summed E-state index contributed by atoms with van der Waals surface area (Å²) in [5.74, 6) is -0.0514. The van der Waals surface area contributed by atoms with Crippen LogP contribution in [-0.2, 0) is 20.8 Å². The van der Waals surface area contributed by atoms with E-state index >= 15 is 0 Å². The Morgan fingerprint density at radius 3 is 2.74 bits per heavy atom. The molecule has 0 aliphatic carbocycles. The van der Waals surface area contributed by atoms with Gasteiger partial charge in [-0.1, -0.05) is 11.8 Å². The number of aryl methyl sites for hydroxylation is 1. The van der Waals surface area contributed by atoms with Crippen LogP contribution in [0.3, 0.4) is 0 Å². The molecule has 0 fully saturated rings. The first-order chi connectivity index (χ1) is 18.4. The summed E-state index contributed by atoms with van der Waals surface area (Å²) in [5.41, 5.74) is 3.06. The van der Waals surface area contributed by atoms with Crippen LogP contribution in [0.15, 0.2) is 47.6 Å². The van der Waals surface area contributed by atoms with Crippen LogP contribution in [0.2, 0.25) is 0 Å². The first kappa shape index (κ1) is 27.2. The Balaban J connectivity index is 1.32. The molecule has 1 amide bonds. The van der Waals surface area contributed by atoms with E-state index in [4.69, 9.17) is 18.9 Å². The number of nitrogens with one attached hydrogen (secondary N) is 1. The number of amides is 1. The van der Waals surface area contributed by atoms with Crippen molar-refractivity contribution in [2.24, 2.45) is 0 Å². The van der Waals surface area contributed by atoms with Crippen LogP contribution >= 0.6 is 11.8 Å². The minimum Gasteiger partial charge on any atom is -0.454 e. The van der Waals surface area contributed by atoms with Crippen LogP contribution in [-0.4, -0.2) is 60.1 Å². The van der Waals surface area contributed by atoms with Crippen molar-refractivity contribution in [1.29, 1.82) is 0 Å². The van der Waals surface area contributed by atoms with Crippen molar-refractivity contribution in [1.82, 2.24) is 9.55 Å². The summed E-state index contributed by atoms with van der Waals surface area (Å²) in [6.45, 7) is 4.92. The lowest BCUT2D eigenvalue weighted by Crippen LogP contribution is -2.17. The van der Waals surface area contributed by atoms with Gasteiger partial charge in [-0.15, -0.1) is 0 Å². The van der Waals surface area contributed by atoms with E-state index in [0.717, 1.165) is 36.1 Å². The number of hydrogen-bond donors (Lipinski definition) is 1. The molecule has 1 aliphatic heterocycles. The van der Waals surface area contributed by atoms with Crippen LogP contribution in [0.25, 0.3) is 0 Å². The van der Waals surface area contributed by atoms with Gasteiger partial charge in [0.1, 0.15) is 5.03 Å². The molecule has 4 rings (SSSR count). The number of pyridine rings is 1. The summed E-state index contributed by atoms with van der Waals surface area (Å²) < 4.78 is 23.1. The topological polar surface area (TPSA) is 118 Å². The number of carbonyl (C=O) groups excluding carboxylic acids is 3. The van der Waals surface area contributed by atoms with Crippen LogP contribution in [0.5, 0.6) is 11.5 Å². The average molecular weight is 540 g/mol. The highest BCUT2D eigenvalue weighted by atomic mass is 32.2. The number of rotatable bonds is 12. The highest BCUT2D eigenvalue weighted by Crippen LogP contribution is 2.34. The third kappa shape index (κ3) is 6.53. The Morgan fingerprint density at radius 2 is 1.92 bits per heavy atom. The quantitative estimate of drug-likeness (QED) is 0.157. The van der Waals surface area contributed by atoms with Gasteiger partial charge in [0, 0.05) is 55.2 Å². The van der Waals surface area contributed by atoms with E-state index in [0.29, 0.717) is 34.4 Å². The van der Waals surface area contributed by atoms with Gasteiger partial charge in [-0.3, -0.25) is 9.59 Å². The summed E-state index contributed by atoms with van der Waals surface area (Å²) in [5, 5.41) is 3.12. The Labute approximate surface area is 224 Å². The van der Waals surface area contributed by atoms with E-state index in [-0.39, 0.29) is 29.8 Å². The second-order valence-corrected chi connectivity index (χ2v) is 9.51. The minimum absolute atomic E-state index is 0.0136. The highest BCUT2D eigenvalue weighted by Gasteiger charge is 2.20. The lowest BCUT2D eigenvalue weighted by atomic mass is 10.1. The summed E-state index contributed by atoms with van der Waals surface area (Å²) in [7, 11) is 1.65. The maximum atomic E-state index is 12.8. The number of methoxy groups -OCH3 is 1. The van der Waals surface area contributed by atoms with E-state index in [1.807, 2.05) is 19.9 Å². The van der Waals surface area contributed by atoms with E-state index in [1.54, 1.807) is 37.4 Å². The number of thioether (sulfide) groups is 1. The summed E-state index contributed by atoms with van der Waals surface area (Å²) >= 11 is 1.10. The van der Waals surface area contributed by atoms with Gasteiger partial charge in [0.15, 0.2) is 18.1 Å². The molecular weight excluding hydrogens is 510 g/mol. The first-order valence-electron chi connectivity index (χ1n) is 12.0. The fourth-order valence-electron chi connectivity index (χ4n) is 4.05. The maximum Gasteiger partial charge on any atom is 0.341 e. The van der Waals surface area contributed by atoms with E-state index in [1.165, 1.54) is 6.20 Å². The number of anilines is 1. The Morgan fingerprint density at radius 1 is 1.11 bits per heavy atom. The second-order valence-electron chi connectivity index (χ2n) is 8.54. The summed E-state index contributed by atoms with van der Waals surface area (Å²) in [4.78, 5) is 42.3. The largest absolute Gasteiger partial charge is 0.454 e. The SMILES string of the molecule is COCCCn1c(C)cc(C(=O)COC(=O)c2cccnc2SCC(=O)Nc2ccc3c(c2)OCO3)c1C. The molecule has 10 nitrogen and oxygen atoms in total. The normalized spacial score (nSPS) is 11.9. The Bertz CT molecular complexity index is 1340. The molecule has 200 valence electrons. The summed E-state index contributed by atoms with van der Waals surface area (Å²) in [6, 6.07) is 10.1. The smallest absolute Gasteiger partial charge is 0.341 e. The molecule has 0 unspecified atom stereocenters. The fourth-order valence-corrected chi connectivity index (χ4v) is 4.83. The van der Waals surface area contributed by atoms with Gasteiger partial charge in [-0.25, -0.2) is 9.78 Å². The summed E-state index contributed by atoms with van der Waals surface area (Å²) in [6.07, 6.45) is 2.35. The van der Waals surface area contributed by atoms with Gasteiger partial charge in [0.2, 0.25) is 18.5 Å². The van der Waals surface area contributed by atoms with Crippen LogP contribution in [0, 0.1) is 13.8 Å². The molecule has 38 heavy (non-hydrogen) atoms. The molecule has 0 saturated heterocycles. The van der Waals surface area contributed by atoms with Crippen molar-refractivity contribution in [3.8, 4) is 11.5 Å². The third-order valence-electron chi connectivity index (χ3n) is 5.93. The van der Waals surface area contributed by atoms with Crippen LogP contribution in [0.1, 0.15) is 38.5 Å². The molecule has 1 aromatic carbocycles. The van der Waals surface area contributed by atoms with Gasteiger partial charge < -0.3 is 28.8 Å². The van der Waals surface area contributed by atoms with E-state index in [2.05, 4.69) is 14.9 Å². The molecule has 0 atom stereocenters. The van der Waals surface area contributed by atoms with Gasteiger partial charge in [0.25, 0.3) is 0 Å². The molecule has 3 aromatic rings. The Hall–Kier alpha value is -3.83. The molecule has 0 radical (unpaired) electrons. The molecule has 2 aromatic heterocycles. The van der Waals surface area contributed by atoms with E-state index in [9.17, 15) is 14.4 Å². The molecule has 3 heterocycles. The maximum absolute atomic E-state index is 12.8. The molecule has 1 N–H and O–H groups in total. The average Bonchev–Trinajstić information content (AvgIpc) is 3.50.